The van der Waals surface area contributed by atoms with E-state index in [4.69, 9.17) is 19.4 Å². The molecule has 9 heteroatoms. The molecule has 0 radical (unpaired) electrons. The fourth-order valence-electron chi connectivity index (χ4n) is 3.45. The number of aromatic amines is 1. The molecule has 4 rings (SSSR count). The standard InChI is InChI=1S/C20H26N6O3/c1-2-29-18-17(13-26-7-10-28-11-8-26)23-19(24-20(18)21-6-9-27)14-4-3-5-16-15(14)12-22-25-16/h3-5,12,27H,2,6-11,13H2,1H3,(H,22,25)(H,21,23,24). The summed E-state index contributed by atoms with van der Waals surface area (Å²) in [6.45, 7) is 6.59. The fourth-order valence-corrected chi connectivity index (χ4v) is 3.45. The number of anilines is 1. The van der Waals surface area contributed by atoms with E-state index >= 15 is 0 Å². The summed E-state index contributed by atoms with van der Waals surface area (Å²) in [6, 6.07) is 5.92. The molecule has 1 saturated heterocycles. The third kappa shape index (κ3) is 4.31. The smallest absolute Gasteiger partial charge is 0.184 e. The number of morpholine rings is 1. The minimum Gasteiger partial charge on any atom is -0.488 e. The minimum absolute atomic E-state index is 0.00100. The second-order valence-corrected chi connectivity index (χ2v) is 6.78. The van der Waals surface area contributed by atoms with Crippen LogP contribution < -0.4 is 10.1 Å². The van der Waals surface area contributed by atoms with Gasteiger partial charge in [0.05, 0.1) is 38.1 Å². The highest BCUT2D eigenvalue weighted by molar-refractivity contribution is 5.92. The number of benzene rings is 1. The van der Waals surface area contributed by atoms with Gasteiger partial charge in [0.25, 0.3) is 0 Å². The van der Waals surface area contributed by atoms with Crippen LogP contribution in [0, 0.1) is 0 Å². The van der Waals surface area contributed by atoms with E-state index in [-0.39, 0.29) is 6.61 Å². The van der Waals surface area contributed by atoms with Crippen LogP contribution in [0.2, 0.25) is 0 Å². The number of ether oxygens (including phenoxy) is 2. The number of H-pyrrole nitrogens is 1. The minimum atomic E-state index is 0.00100. The molecule has 0 atom stereocenters. The van der Waals surface area contributed by atoms with Gasteiger partial charge in [-0.2, -0.15) is 5.10 Å². The molecule has 1 aliphatic heterocycles. The number of aliphatic hydroxyl groups is 1. The average Bonchev–Trinajstić information content (AvgIpc) is 3.23. The van der Waals surface area contributed by atoms with Crippen molar-refractivity contribution in [3.63, 3.8) is 0 Å². The Hall–Kier alpha value is -2.75. The summed E-state index contributed by atoms with van der Waals surface area (Å²) in [5, 5.41) is 20.6. The highest BCUT2D eigenvalue weighted by Crippen LogP contribution is 2.32. The Morgan fingerprint density at radius 1 is 1.28 bits per heavy atom. The van der Waals surface area contributed by atoms with Gasteiger partial charge in [0.15, 0.2) is 17.4 Å². The molecule has 1 fully saturated rings. The first kappa shape index (κ1) is 19.6. The van der Waals surface area contributed by atoms with E-state index in [0.717, 1.165) is 35.2 Å². The number of aromatic nitrogens is 4. The van der Waals surface area contributed by atoms with Crippen LogP contribution in [-0.4, -0.2) is 76.2 Å². The molecule has 0 aliphatic carbocycles. The van der Waals surface area contributed by atoms with E-state index in [0.29, 0.717) is 50.3 Å². The molecular weight excluding hydrogens is 372 g/mol. The summed E-state index contributed by atoms with van der Waals surface area (Å²) in [5.41, 5.74) is 2.65. The van der Waals surface area contributed by atoms with Gasteiger partial charge in [0.2, 0.25) is 0 Å². The first-order chi connectivity index (χ1) is 14.3. The lowest BCUT2D eigenvalue weighted by atomic mass is 10.1. The molecule has 154 valence electrons. The van der Waals surface area contributed by atoms with Gasteiger partial charge in [-0.05, 0) is 13.0 Å². The van der Waals surface area contributed by atoms with Crippen LogP contribution in [0.4, 0.5) is 5.82 Å². The van der Waals surface area contributed by atoms with Gasteiger partial charge in [-0.3, -0.25) is 10.00 Å². The normalized spacial score (nSPS) is 15.0. The number of nitrogens with zero attached hydrogens (tertiary/aromatic N) is 4. The molecule has 3 N–H and O–H groups in total. The molecule has 1 aliphatic rings. The molecule has 0 saturated carbocycles. The van der Waals surface area contributed by atoms with E-state index in [1.807, 2.05) is 25.1 Å². The Morgan fingerprint density at radius 2 is 2.14 bits per heavy atom. The van der Waals surface area contributed by atoms with Crippen molar-refractivity contribution in [3.05, 3.63) is 30.1 Å². The van der Waals surface area contributed by atoms with Gasteiger partial charge in [-0.15, -0.1) is 0 Å². The van der Waals surface area contributed by atoms with E-state index in [1.54, 1.807) is 6.20 Å². The molecule has 3 aromatic rings. The van der Waals surface area contributed by atoms with Crippen LogP contribution in [0.3, 0.4) is 0 Å². The van der Waals surface area contributed by atoms with Crippen molar-refractivity contribution in [2.24, 2.45) is 0 Å². The largest absolute Gasteiger partial charge is 0.488 e. The van der Waals surface area contributed by atoms with Crippen molar-refractivity contribution in [3.8, 4) is 17.1 Å². The third-order valence-electron chi connectivity index (χ3n) is 4.83. The van der Waals surface area contributed by atoms with E-state index < -0.39 is 0 Å². The van der Waals surface area contributed by atoms with E-state index in [2.05, 4.69) is 20.4 Å². The molecule has 29 heavy (non-hydrogen) atoms. The quantitative estimate of drug-likeness (QED) is 0.526. The maximum absolute atomic E-state index is 9.30. The van der Waals surface area contributed by atoms with Gasteiger partial charge in [0.1, 0.15) is 5.69 Å². The Labute approximate surface area is 169 Å². The highest BCUT2D eigenvalue weighted by atomic mass is 16.5. The van der Waals surface area contributed by atoms with Crippen molar-refractivity contribution in [1.82, 2.24) is 25.1 Å². The van der Waals surface area contributed by atoms with E-state index in [9.17, 15) is 5.11 Å². The summed E-state index contributed by atoms with van der Waals surface area (Å²) in [5.74, 6) is 1.83. The van der Waals surface area contributed by atoms with Gasteiger partial charge in [0, 0.05) is 37.1 Å². The number of hydrogen-bond acceptors (Lipinski definition) is 8. The monoisotopic (exact) mass is 398 g/mol. The van der Waals surface area contributed by atoms with Crippen LogP contribution in [0.1, 0.15) is 12.6 Å². The molecular formula is C20H26N6O3. The summed E-state index contributed by atoms with van der Waals surface area (Å²) in [7, 11) is 0. The molecule has 0 bridgehead atoms. The predicted molar refractivity (Wildman–Crippen MR) is 110 cm³/mol. The molecule has 1 aromatic carbocycles. The van der Waals surface area contributed by atoms with Gasteiger partial charge < -0.3 is 19.9 Å². The molecule has 0 spiro atoms. The van der Waals surface area contributed by atoms with Crippen molar-refractivity contribution >= 4 is 16.7 Å². The number of nitrogens with one attached hydrogen (secondary N) is 2. The zero-order valence-electron chi connectivity index (χ0n) is 16.5. The Bertz CT molecular complexity index is 955. The zero-order chi connectivity index (χ0) is 20.1. The molecule has 0 amide bonds. The van der Waals surface area contributed by atoms with Crippen LogP contribution in [0.5, 0.6) is 5.75 Å². The molecule has 3 heterocycles. The van der Waals surface area contributed by atoms with E-state index in [1.165, 1.54) is 0 Å². The van der Waals surface area contributed by atoms with Crippen LogP contribution >= 0.6 is 0 Å². The Morgan fingerprint density at radius 3 is 2.93 bits per heavy atom. The number of aliphatic hydroxyl groups excluding tert-OH is 1. The lowest BCUT2D eigenvalue weighted by molar-refractivity contribution is 0.0332. The second kappa shape index (κ2) is 9.17. The lowest BCUT2D eigenvalue weighted by Crippen LogP contribution is -2.36. The average molecular weight is 398 g/mol. The van der Waals surface area contributed by atoms with Crippen LogP contribution in [0.25, 0.3) is 22.3 Å². The molecule has 2 aromatic heterocycles. The summed E-state index contributed by atoms with van der Waals surface area (Å²) in [4.78, 5) is 11.9. The van der Waals surface area contributed by atoms with Crippen LogP contribution in [-0.2, 0) is 11.3 Å². The highest BCUT2D eigenvalue weighted by Gasteiger charge is 2.21. The first-order valence-corrected chi connectivity index (χ1v) is 9.91. The van der Waals surface area contributed by atoms with Gasteiger partial charge in [-0.25, -0.2) is 9.97 Å². The maximum atomic E-state index is 9.30. The third-order valence-corrected chi connectivity index (χ3v) is 4.83. The summed E-state index contributed by atoms with van der Waals surface area (Å²) < 4.78 is 11.4. The number of hydrogen-bond donors (Lipinski definition) is 3. The number of rotatable bonds is 8. The topological polar surface area (TPSA) is 108 Å². The van der Waals surface area contributed by atoms with Gasteiger partial charge >= 0.3 is 0 Å². The maximum Gasteiger partial charge on any atom is 0.184 e. The second-order valence-electron chi connectivity index (χ2n) is 6.78. The van der Waals surface area contributed by atoms with Gasteiger partial charge in [-0.1, -0.05) is 12.1 Å². The first-order valence-electron chi connectivity index (χ1n) is 9.91. The van der Waals surface area contributed by atoms with Crippen LogP contribution in [0.15, 0.2) is 24.4 Å². The van der Waals surface area contributed by atoms with Crippen molar-refractivity contribution in [2.45, 2.75) is 13.5 Å². The summed E-state index contributed by atoms with van der Waals surface area (Å²) in [6.07, 6.45) is 1.78. The fraction of sp³-hybridized carbons (Fsp3) is 0.450. The molecule has 0 unspecified atom stereocenters. The predicted octanol–water partition coefficient (Wildman–Crippen LogP) is 1.65. The van der Waals surface area contributed by atoms with Crippen molar-refractivity contribution < 1.29 is 14.6 Å². The summed E-state index contributed by atoms with van der Waals surface area (Å²) >= 11 is 0. The Balaban J connectivity index is 1.80. The number of fused-ring (bicyclic) bond motifs is 1. The SMILES string of the molecule is CCOc1c(CN2CCOCC2)nc(-c2cccc3[nH]ncc23)nc1NCCO. The van der Waals surface area contributed by atoms with Crippen molar-refractivity contribution in [1.29, 1.82) is 0 Å². The Kier molecular flexibility index (Phi) is 6.18. The van der Waals surface area contributed by atoms with Crippen molar-refractivity contribution in [2.75, 3.05) is 51.4 Å². The zero-order valence-corrected chi connectivity index (χ0v) is 16.5. The lowest BCUT2D eigenvalue weighted by Gasteiger charge is -2.27. The molecule has 9 nitrogen and oxygen atoms in total.